The molecule has 0 saturated heterocycles. The smallest absolute Gasteiger partial charge is 0.264 e. The molecule has 0 aliphatic rings. The van der Waals surface area contributed by atoms with Crippen molar-refractivity contribution in [2.75, 3.05) is 17.9 Å². The molecule has 3 aromatic rings. The number of carbonyl (C=O) groups is 2. The molecule has 196 valence electrons. The van der Waals surface area contributed by atoms with Gasteiger partial charge in [-0.2, -0.15) is 0 Å². The number of halogens is 2. The number of aryl methyl sites for hydroxylation is 1. The first kappa shape index (κ1) is 28.7. The van der Waals surface area contributed by atoms with E-state index in [-0.39, 0.29) is 23.0 Å². The van der Waals surface area contributed by atoms with Gasteiger partial charge in [0, 0.05) is 23.1 Å². The van der Waals surface area contributed by atoms with Crippen molar-refractivity contribution < 1.29 is 18.0 Å². The van der Waals surface area contributed by atoms with Crippen molar-refractivity contribution in [3.63, 3.8) is 0 Å². The van der Waals surface area contributed by atoms with E-state index in [0.29, 0.717) is 10.6 Å². The number of nitrogens with one attached hydrogen (secondary N) is 1. The van der Waals surface area contributed by atoms with Crippen molar-refractivity contribution in [2.45, 2.75) is 38.3 Å². The van der Waals surface area contributed by atoms with E-state index in [4.69, 9.17) is 11.6 Å². The fourth-order valence-corrected chi connectivity index (χ4v) is 5.70. The van der Waals surface area contributed by atoms with Gasteiger partial charge in [-0.1, -0.05) is 63.4 Å². The molecule has 0 heterocycles. The van der Waals surface area contributed by atoms with Crippen molar-refractivity contribution in [1.82, 2.24) is 10.2 Å². The highest BCUT2D eigenvalue weighted by Gasteiger charge is 2.33. The van der Waals surface area contributed by atoms with Gasteiger partial charge in [-0.25, -0.2) is 8.42 Å². The number of hydrogen-bond acceptors (Lipinski definition) is 4. The van der Waals surface area contributed by atoms with E-state index in [1.807, 2.05) is 31.2 Å². The second-order valence-electron chi connectivity index (χ2n) is 8.65. The third kappa shape index (κ3) is 6.71. The van der Waals surface area contributed by atoms with Crippen molar-refractivity contribution in [2.24, 2.45) is 0 Å². The van der Waals surface area contributed by atoms with Crippen LogP contribution in [0.2, 0.25) is 5.02 Å². The van der Waals surface area contributed by atoms with Crippen LogP contribution in [0.3, 0.4) is 0 Å². The van der Waals surface area contributed by atoms with E-state index in [1.165, 1.54) is 24.1 Å². The number of anilines is 1. The van der Waals surface area contributed by atoms with Crippen LogP contribution >= 0.6 is 27.5 Å². The number of amides is 2. The van der Waals surface area contributed by atoms with Gasteiger partial charge in [0.05, 0.1) is 10.6 Å². The van der Waals surface area contributed by atoms with Gasteiger partial charge >= 0.3 is 0 Å². The first-order chi connectivity index (χ1) is 17.4. The molecular formula is C27H29BrClN3O4S. The summed E-state index contributed by atoms with van der Waals surface area (Å²) < 4.78 is 29.6. The van der Waals surface area contributed by atoms with Gasteiger partial charge in [0.15, 0.2) is 0 Å². The molecule has 1 N–H and O–H groups in total. The molecule has 0 spiro atoms. The Labute approximate surface area is 231 Å². The average Bonchev–Trinajstić information content (AvgIpc) is 2.88. The number of benzene rings is 3. The Bertz CT molecular complexity index is 1380. The molecule has 0 radical (unpaired) electrons. The van der Waals surface area contributed by atoms with E-state index < -0.39 is 28.5 Å². The van der Waals surface area contributed by atoms with Crippen LogP contribution in [0.1, 0.15) is 23.6 Å². The second kappa shape index (κ2) is 12.1. The fraction of sp³-hybridized carbons (Fsp3) is 0.259. The monoisotopic (exact) mass is 605 g/mol. The van der Waals surface area contributed by atoms with Crippen LogP contribution in [-0.2, 0) is 26.2 Å². The number of rotatable bonds is 9. The Hall–Kier alpha value is -2.88. The maximum Gasteiger partial charge on any atom is 0.264 e. The summed E-state index contributed by atoms with van der Waals surface area (Å²) in [5.41, 5.74) is 2.50. The molecule has 0 aliphatic carbocycles. The van der Waals surface area contributed by atoms with Crippen LogP contribution in [0.5, 0.6) is 0 Å². The number of hydrogen-bond donors (Lipinski definition) is 1. The maximum atomic E-state index is 13.8. The molecule has 3 aromatic carbocycles. The first-order valence-corrected chi connectivity index (χ1v) is 14.2. The minimum atomic E-state index is -4.15. The third-order valence-corrected chi connectivity index (χ3v) is 8.79. The fourth-order valence-electron chi connectivity index (χ4n) is 3.80. The van der Waals surface area contributed by atoms with Crippen LogP contribution in [0, 0.1) is 13.8 Å². The standard InChI is InChI=1S/C27H29BrClN3O4S/c1-18-8-14-23(15-9-18)37(35,36)32(25-7-5-6-24(29)19(25)2)17-26(33)31(20(3)27(34)30-4)16-21-10-12-22(28)13-11-21/h5-15,20H,16-17H2,1-4H3,(H,30,34)/t20-/m0/s1. The molecular weight excluding hydrogens is 578 g/mol. The minimum Gasteiger partial charge on any atom is -0.357 e. The molecule has 2 amide bonds. The Morgan fingerprint density at radius 2 is 1.62 bits per heavy atom. The maximum absolute atomic E-state index is 13.8. The van der Waals surface area contributed by atoms with Crippen LogP contribution in [-0.4, -0.2) is 44.8 Å². The molecule has 1 atom stereocenters. The predicted octanol–water partition coefficient (Wildman–Crippen LogP) is 5.08. The molecule has 0 fully saturated rings. The topological polar surface area (TPSA) is 86.8 Å². The minimum absolute atomic E-state index is 0.0454. The van der Waals surface area contributed by atoms with E-state index in [1.54, 1.807) is 44.2 Å². The largest absolute Gasteiger partial charge is 0.357 e. The summed E-state index contributed by atoms with van der Waals surface area (Å²) in [6.07, 6.45) is 0. The number of sulfonamides is 1. The zero-order chi connectivity index (χ0) is 27.3. The Morgan fingerprint density at radius 1 is 1.00 bits per heavy atom. The van der Waals surface area contributed by atoms with Gasteiger partial charge in [-0.15, -0.1) is 0 Å². The second-order valence-corrected chi connectivity index (χ2v) is 11.8. The highest BCUT2D eigenvalue weighted by Crippen LogP contribution is 2.31. The zero-order valence-corrected chi connectivity index (χ0v) is 24.2. The molecule has 0 aromatic heterocycles. The van der Waals surface area contributed by atoms with Gasteiger partial charge in [-0.05, 0) is 68.3 Å². The lowest BCUT2D eigenvalue weighted by Gasteiger charge is -2.32. The summed E-state index contributed by atoms with van der Waals surface area (Å²) in [5.74, 6) is -0.897. The average molecular weight is 607 g/mol. The lowest BCUT2D eigenvalue weighted by atomic mass is 10.1. The normalized spacial score (nSPS) is 12.1. The highest BCUT2D eigenvalue weighted by molar-refractivity contribution is 9.10. The first-order valence-electron chi connectivity index (χ1n) is 11.6. The molecule has 0 aliphatic heterocycles. The summed E-state index contributed by atoms with van der Waals surface area (Å²) in [6, 6.07) is 17.8. The number of carbonyl (C=O) groups excluding carboxylic acids is 2. The van der Waals surface area contributed by atoms with Crippen molar-refractivity contribution in [3.8, 4) is 0 Å². The highest BCUT2D eigenvalue weighted by atomic mass is 79.9. The molecule has 37 heavy (non-hydrogen) atoms. The summed E-state index contributed by atoms with van der Waals surface area (Å²) in [7, 11) is -2.66. The lowest BCUT2D eigenvalue weighted by Crippen LogP contribution is -2.50. The molecule has 0 unspecified atom stereocenters. The van der Waals surface area contributed by atoms with Gasteiger partial charge < -0.3 is 10.2 Å². The quantitative estimate of drug-likeness (QED) is 0.368. The zero-order valence-electron chi connectivity index (χ0n) is 21.0. The Morgan fingerprint density at radius 3 is 2.22 bits per heavy atom. The van der Waals surface area contributed by atoms with E-state index in [9.17, 15) is 18.0 Å². The van der Waals surface area contributed by atoms with E-state index >= 15 is 0 Å². The van der Waals surface area contributed by atoms with Gasteiger partial charge in [0.25, 0.3) is 10.0 Å². The third-order valence-electron chi connectivity index (χ3n) is 6.08. The molecule has 0 saturated carbocycles. The van der Waals surface area contributed by atoms with Crippen LogP contribution in [0.25, 0.3) is 0 Å². The predicted molar refractivity (Wildman–Crippen MR) is 150 cm³/mol. The Balaban J connectivity index is 2.07. The van der Waals surface area contributed by atoms with Gasteiger partial charge in [0.1, 0.15) is 12.6 Å². The van der Waals surface area contributed by atoms with E-state index in [2.05, 4.69) is 21.2 Å². The summed E-state index contributed by atoms with van der Waals surface area (Å²) >= 11 is 9.73. The number of likely N-dealkylation sites (N-methyl/N-ethyl adjacent to an activating group) is 1. The molecule has 3 rings (SSSR count). The number of nitrogens with zero attached hydrogens (tertiary/aromatic N) is 2. The van der Waals surface area contributed by atoms with Crippen LogP contribution < -0.4 is 9.62 Å². The van der Waals surface area contributed by atoms with Crippen LogP contribution in [0.4, 0.5) is 5.69 Å². The van der Waals surface area contributed by atoms with Crippen molar-refractivity contribution in [1.29, 1.82) is 0 Å². The lowest BCUT2D eigenvalue weighted by molar-refractivity contribution is -0.139. The Kier molecular flexibility index (Phi) is 9.39. The summed E-state index contributed by atoms with van der Waals surface area (Å²) in [4.78, 5) is 27.8. The molecule has 7 nitrogen and oxygen atoms in total. The van der Waals surface area contributed by atoms with Crippen LogP contribution in [0.15, 0.2) is 76.1 Å². The SMILES string of the molecule is CNC(=O)[C@H](C)N(Cc1ccc(Br)cc1)C(=O)CN(c1cccc(Cl)c1C)S(=O)(=O)c1ccc(C)cc1. The van der Waals surface area contributed by atoms with Gasteiger partial charge in [0.2, 0.25) is 11.8 Å². The summed E-state index contributed by atoms with van der Waals surface area (Å²) in [6.45, 7) is 4.77. The van der Waals surface area contributed by atoms with Gasteiger partial charge in [-0.3, -0.25) is 13.9 Å². The van der Waals surface area contributed by atoms with Crippen molar-refractivity contribution >= 4 is 55.1 Å². The van der Waals surface area contributed by atoms with E-state index in [0.717, 1.165) is 19.9 Å². The molecule has 0 bridgehead atoms. The van der Waals surface area contributed by atoms with Crippen molar-refractivity contribution in [3.05, 3.63) is 92.9 Å². The molecule has 10 heteroatoms. The summed E-state index contributed by atoms with van der Waals surface area (Å²) in [5, 5.41) is 2.94.